The van der Waals surface area contributed by atoms with Gasteiger partial charge in [-0.1, -0.05) is 15.9 Å². The third-order valence-electron chi connectivity index (χ3n) is 3.44. The fourth-order valence-electron chi connectivity index (χ4n) is 2.10. The molecule has 2 rings (SSSR count). The summed E-state index contributed by atoms with van der Waals surface area (Å²) in [6, 6.07) is 10.0. The molecule has 0 radical (unpaired) electrons. The fraction of sp³-hybridized carbons (Fsp3) is 0.235. The van der Waals surface area contributed by atoms with Crippen LogP contribution in [0.1, 0.15) is 18.4 Å². The highest BCUT2D eigenvalue weighted by molar-refractivity contribution is 9.10. The van der Waals surface area contributed by atoms with Crippen LogP contribution in [0.25, 0.3) is 0 Å². The number of aryl methyl sites for hydroxylation is 1. The maximum atomic E-state index is 12.8. The standard InChI is InChI=1S/C17H18BrFN2O3S/c1-12-11-14(6-9-16(12)18)21-17(22)3-2-10-20-25(23,24)15-7-4-13(19)5-8-15/h4-9,11,20H,2-3,10H2,1H3,(H,21,22). The van der Waals surface area contributed by atoms with E-state index in [4.69, 9.17) is 0 Å². The number of carbonyl (C=O) groups excluding carboxylic acids is 1. The van der Waals surface area contributed by atoms with E-state index < -0.39 is 15.8 Å². The van der Waals surface area contributed by atoms with Crippen molar-refractivity contribution in [3.05, 3.63) is 58.3 Å². The van der Waals surface area contributed by atoms with E-state index in [9.17, 15) is 17.6 Å². The minimum atomic E-state index is -3.70. The first-order valence-electron chi connectivity index (χ1n) is 7.59. The number of carbonyl (C=O) groups is 1. The van der Waals surface area contributed by atoms with Gasteiger partial charge in [-0.2, -0.15) is 0 Å². The molecule has 5 nitrogen and oxygen atoms in total. The molecule has 1 amide bonds. The van der Waals surface area contributed by atoms with Crippen LogP contribution in [0.2, 0.25) is 0 Å². The highest BCUT2D eigenvalue weighted by Crippen LogP contribution is 2.20. The van der Waals surface area contributed by atoms with Gasteiger partial charge in [0, 0.05) is 23.1 Å². The summed E-state index contributed by atoms with van der Waals surface area (Å²) >= 11 is 3.39. The number of benzene rings is 2. The summed E-state index contributed by atoms with van der Waals surface area (Å²) in [5, 5.41) is 2.77. The molecule has 0 aliphatic rings. The molecule has 2 aromatic carbocycles. The molecule has 0 unspecified atom stereocenters. The van der Waals surface area contributed by atoms with Gasteiger partial charge < -0.3 is 5.32 Å². The fourth-order valence-corrected chi connectivity index (χ4v) is 3.42. The van der Waals surface area contributed by atoms with E-state index in [0.717, 1.165) is 22.2 Å². The third-order valence-corrected chi connectivity index (χ3v) is 5.81. The van der Waals surface area contributed by atoms with Gasteiger partial charge in [-0.05, 0) is 61.4 Å². The predicted octanol–water partition coefficient (Wildman–Crippen LogP) is 3.59. The molecule has 8 heteroatoms. The molecule has 0 bridgehead atoms. The Morgan fingerprint density at radius 1 is 1.16 bits per heavy atom. The van der Waals surface area contributed by atoms with Gasteiger partial charge in [-0.25, -0.2) is 17.5 Å². The van der Waals surface area contributed by atoms with Crippen LogP contribution in [0.4, 0.5) is 10.1 Å². The Hall–Kier alpha value is -1.77. The molecule has 0 saturated heterocycles. The predicted molar refractivity (Wildman–Crippen MR) is 98.3 cm³/mol. The van der Waals surface area contributed by atoms with Gasteiger partial charge in [0.15, 0.2) is 0 Å². The van der Waals surface area contributed by atoms with Crippen LogP contribution in [0.3, 0.4) is 0 Å². The van der Waals surface area contributed by atoms with E-state index in [1.54, 1.807) is 6.07 Å². The van der Waals surface area contributed by atoms with Gasteiger partial charge in [0.25, 0.3) is 0 Å². The topological polar surface area (TPSA) is 75.3 Å². The van der Waals surface area contributed by atoms with Crippen molar-refractivity contribution in [2.24, 2.45) is 0 Å². The van der Waals surface area contributed by atoms with Crippen molar-refractivity contribution in [1.29, 1.82) is 0 Å². The van der Waals surface area contributed by atoms with Gasteiger partial charge in [-0.15, -0.1) is 0 Å². The molecule has 2 N–H and O–H groups in total. The van der Waals surface area contributed by atoms with Gasteiger partial charge in [0.1, 0.15) is 5.82 Å². The van der Waals surface area contributed by atoms with Gasteiger partial charge in [0.2, 0.25) is 15.9 Å². The van der Waals surface area contributed by atoms with Crippen LogP contribution in [0.15, 0.2) is 51.8 Å². The smallest absolute Gasteiger partial charge is 0.240 e. The monoisotopic (exact) mass is 428 g/mol. The number of hydrogen-bond acceptors (Lipinski definition) is 3. The molecular formula is C17H18BrFN2O3S. The zero-order chi connectivity index (χ0) is 18.4. The second kappa shape index (κ2) is 8.55. The number of anilines is 1. The Balaban J connectivity index is 1.79. The van der Waals surface area contributed by atoms with Gasteiger partial charge >= 0.3 is 0 Å². The average Bonchev–Trinajstić information content (AvgIpc) is 2.55. The van der Waals surface area contributed by atoms with Crippen molar-refractivity contribution in [1.82, 2.24) is 4.72 Å². The van der Waals surface area contributed by atoms with Crippen LogP contribution < -0.4 is 10.0 Å². The first kappa shape index (κ1) is 19.6. The van der Waals surface area contributed by atoms with E-state index >= 15 is 0 Å². The maximum Gasteiger partial charge on any atom is 0.240 e. The molecule has 25 heavy (non-hydrogen) atoms. The summed E-state index contributed by atoms with van der Waals surface area (Å²) in [5.74, 6) is -0.693. The van der Waals surface area contributed by atoms with Crippen LogP contribution in [0.5, 0.6) is 0 Å². The molecule has 0 heterocycles. The summed E-state index contributed by atoms with van der Waals surface area (Å²) in [7, 11) is -3.70. The summed E-state index contributed by atoms with van der Waals surface area (Å²) in [4.78, 5) is 11.9. The van der Waals surface area contributed by atoms with E-state index in [1.165, 1.54) is 12.1 Å². The zero-order valence-electron chi connectivity index (χ0n) is 13.6. The number of halogens is 2. The first-order chi connectivity index (χ1) is 11.8. The Bertz CT molecular complexity index is 855. The highest BCUT2D eigenvalue weighted by atomic mass is 79.9. The van der Waals surface area contributed by atoms with Crippen molar-refractivity contribution < 1.29 is 17.6 Å². The molecule has 0 aromatic heterocycles. The molecule has 2 aromatic rings. The van der Waals surface area contributed by atoms with E-state index in [2.05, 4.69) is 26.0 Å². The van der Waals surface area contributed by atoms with E-state index in [1.807, 2.05) is 19.1 Å². The second-order valence-corrected chi connectivity index (χ2v) is 8.09. The van der Waals surface area contributed by atoms with Crippen LogP contribution in [-0.2, 0) is 14.8 Å². The SMILES string of the molecule is Cc1cc(NC(=O)CCCNS(=O)(=O)c2ccc(F)cc2)ccc1Br. The molecule has 0 spiro atoms. The maximum absolute atomic E-state index is 12.8. The average molecular weight is 429 g/mol. The van der Waals surface area contributed by atoms with Gasteiger partial charge in [-0.3, -0.25) is 4.79 Å². The molecule has 134 valence electrons. The second-order valence-electron chi connectivity index (χ2n) is 5.47. The number of amides is 1. The van der Waals surface area contributed by atoms with Crippen molar-refractivity contribution in [3.63, 3.8) is 0 Å². The first-order valence-corrected chi connectivity index (χ1v) is 9.87. The summed E-state index contributed by atoms with van der Waals surface area (Å²) in [5.41, 5.74) is 1.70. The number of hydrogen-bond donors (Lipinski definition) is 2. The lowest BCUT2D eigenvalue weighted by atomic mass is 10.2. The van der Waals surface area contributed by atoms with Crippen LogP contribution in [0, 0.1) is 12.7 Å². The lowest BCUT2D eigenvalue weighted by Gasteiger charge is -2.08. The largest absolute Gasteiger partial charge is 0.326 e. The van der Waals surface area contributed by atoms with E-state index in [-0.39, 0.29) is 23.8 Å². The Labute approximate surface area is 154 Å². The van der Waals surface area contributed by atoms with Crippen molar-refractivity contribution in [2.75, 3.05) is 11.9 Å². The van der Waals surface area contributed by atoms with Gasteiger partial charge in [0.05, 0.1) is 4.90 Å². The lowest BCUT2D eigenvalue weighted by molar-refractivity contribution is -0.116. The Kier molecular flexibility index (Phi) is 6.69. The number of rotatable bonds is 7. The minimum absolute atomic E-state index is 0.0105. The normalized spacial score (nSPS) is 11.3. The molecule has 0 saturated carbocycles. The molecule has 0 aliphatic carbocycles. The van der Waals surface area contributed by atoms with Crippen LogP contribution in [-0.4, -0.2) is 20.9 Å². The van der Waals surface area contributed by atoms with Crippen molar-refractivity contribution in [3.8, 4) is 0 Å². The Morgan fingerprint density at radius 3 is 2.48 bits per heavy atom. The number of sulfonamides is 1. The third kappa shape index (κ3) is 5.91. The van der Waals surface area contributed by atoms with Crippen molar-refractivity contribution in [2.45, 2.75) is 24.7 Å². The Morgan fingerprint density at radius 2 is 1.84 bits per heavy atom. The molecular weight excluding hydrogens is 411 g/mol. The zero-order valence-corrected chi connectivity index (χ0v) is 16.0. The van der Waals surface area contributed by atoms with Crippen LogP contribution >= 0.6 is 15.9 Å². The molecule has 0 aliphatic heterocycles. The van der Waals surface area contributed by atoms with E-state index in [0.29, 0.717) is 12.1 Å². The summed E-state index contributed by atoms with van der Waals surface area (Å²) in [6.45, 7) is 2.04. The highest BCUT2D eigenvalue weighted by Gasteiger charge is 2.13. The van der Waals surface area contributed by atoms with Crippen molar-refractivity contribution >= 4 is 37.5 Å². The lowest BCUT2D eigenvalue weighted by Crippen LogP contribution is -2.25. The summed E-state index contributed by atoms with van der Waals surface area (Å²) in [6.07, 6.45) is 0.531. The molecule has 0 fully saturated rings. The number of nitrogens with one attached hydrogen (secondary N) is 2. The molecule has 0 atom stereocenters. The minimum Gasteiger partial charge on any atom is -0.326 e. The quantitative estimate of drug-likeness (QED) is 0.661. The summed E-state index contributed by atoms with van der Waals surface area (Å²) < 4.78 is 40.2.